The van der Waals surface area contributed by atoms with Crippen molar-refractivity contribution in [1.29, 1.82) is 0 Å². The molecule has 0 aromatic heterocycles. The third kappa shape index (κ3) is 2.05. The summed E-state index contributed by atoms with van der Waals surface area (Å²) >= 11 is 0. The molecule has 0 spiro atoms. The van der Waals surface area contributed by atoms with Crippen LogP contribution in [-0.2, 0) is 0 Å². The molecule has 2 rings (SSSR count). The fraction of sp³-hybridized carbons (Fsp3) is 0.538. The van der Waals surface area contributed by atoms with E-state index >= 15 is 0 Å². The van der Waals surface area contributed by atoms with E-state index in [-0.39, 0.29) is 11.7 Å². The number of rotatable bonds is 2. The van der Waals surface area contributed by atoms with Gasteiger partial charge < -0.3 is 10.1 Å². The molecule has 0 amide bonds. The van der Waals surface area contributed by atoms with Crippen LogP contribution in [0.5, 0.6) is 5.75 Å². The van der Waals surface area contributed by atoms with Crippen molar-refractivity contribution < 1.29 is 9.13 Å². The number of ether oxygens (including phenoxy) is 1. The van der Waals surface area contributed by atoms with E-state index in [4.69, 9.17) is 4.74 Å². The number of benzene rings is 1. The first kappa shape index (κ1) is 11.4. The van der Waals surface area contributed by atoms with E-state index in [1.165, 1.54) is 6.07 Å². The zero-order valence-corrected chi connectivity index (χ0v) is 9.85. The minimum atomic E-state index is -0.105. The molecular weight excluding hydrogens is 205 g/mol. The van der Waals surface area contributed by atoms with Crippen LogP contribution in [-0.4, -0.2) is 20.2 Å². The van der Waals surface area contributed by atoms with Gasteiger partial charge in [-0.05, 0) is 55.5 Å². The Bertz CT molecular complexity index is 372. The van der Waals surface area contributed by atoms with Gasteiger partial charge in [0.2, 0.25) is 0 Å². The minimum Gasteiger partial charge on any atom is -0.496 e. The van der Waals surface area contributed by atoms with Crippen molar-refractivity contribution in [3.63, 3.8) is 0 Å². The Kier molecular flexibility index (Phi) is 3.44. The number of nitrogens with one attached hydrogen (secondary N) is 1. The molecule has 0 aliphatic carbocycles. The summed E-state index contributed by atoms with van der Waals surface area (Å²) in [7, 11) is 1.63. The highest BCUT2D eigenvalue weighted by molar-refractivity contribution is 5.42. The Morgan fingerprint density at radius 3 is 2.88 bits per heavy atom. The summed E-state index contributed by atoms with van der Waals surface area (Å²) < 4.78 is 19.1. The third-order valence-electron chi connectivity index (χ3n) is 3.34. The molecule has 2 nitrogen and oxygen atoms in total. The first-order valence-electron chi connectivity index (χ1n) is 5.77. The zero-order valence-electron chi connectivity index (χ0n) is 9.85. The molecule has 0 radical (unpaired) electrons. The minimum absolute atomic E-state index is 0.105. The molecule has 1 N–H and O–H groups in total. The zero-order chi connectivity index (χ0) is 11.5. The fourth-order valence-electron chi connectivity index (χ4n) is 2.50. The Hall–Kier alpha value is -1.09. The van der Waals surface area contributed by atoms with Gasteiger partial charge >= 0.3 is 0 Å². The van der Waals surface area contributed by atoms with Crippen LogP contribution in [0.2, 0.25) is 0 Å². The number of methoxy groups -OCH3 is 1. The van der Waals surface area contributed by atoms with Crippen molar-refractivity contribution in [2.75, 3.05) is 20.2 Å². The van der Waals surface area contributed by atoms with Crippen molar-refractivity contribution in [2.45, 2.75) is 25.7 Å². The third-order valence-corrected chi connectivity index (χ3v) is 3.34. The summed E-state index contributed by atoms with van der Waals surface area (Å²) in [4.78, 5) is 0. The van der Waals surface area contributed by atoms with Crippen LogP contribution in [0.4, 0.5) is 4.39 Å². The maximum atomic E-state index is 13.9. The lowest BCUT2D eigenvalue weighted by molar-refractivity contribution is 0.403. The lowest BCUT2D eigenvalue weighted by Gasteiger charge is -2.25. The molecule has 1 aromatic rings. The predicted octanol–water partition coefficient (Wildman–Crippen LogP) is 2.61. The molecule has 88 valence electrons. The summed E-state index contributed by atoms with van der Waals surface area (Å²) in [5.41, 5.74) is 1.77. The molecule has 3 heteroatoms. The van der Waals surface area contributed by atoms with Crippen molar-refractivity contribution in [3.05, 3.63) is 29.1 Å². The standard InChI is InChI=1S/C13H18FNO/c1-9-12(16-2)6-5-11(14)13(9)10-4-3-7-15-8-10/h5-6,10,15H,3-4,7-8H2,1-2H3. The molecule has 1 aliphatic rings. The molecule has 1 saturated heterocycles. The van der Waals surface area contributed by atoms with Gasteiger partial charge in [-0.1, -0.05) is 0 Å². The summed E-state index contributed by atoms with van der Waals surface area (Å²) in [6, 6.07) is 3.21. The number of piperidine rings is 1. The molecule has 1 unspecified atom stereocenters. The molecule has 1 fully saturated rings. The molecule has 1 aromatic carbocycles. The Morgan fingerprint density at radius 1 is 1.44 bits per heavy atom. The summed E-state index contributed by atoms with van der Waals surface area (Å²) in [6.07, 6.45) is 2.17. The Balaban J connectivity index is 2.37. The largest absolute Gasteiger partial charge is 0.496 e. The van der Waals surface area contributed by atoms with Gasteiger partial charge in [0, 0.05) is 6.54 Å². The SMILES string of the molecule is COc1ccc(F)c(C2CCCNC2)c1C. The topological polar surface area (TPSA) is 21.3 Å². The van der Waals surface area contributed by atoms with E-state index in [2.05, 4.69) is 5.32 Å². The van der Waals surface area contributed by atoms with Crippen LogP contribution in [0.3, 0.4) is 0 Å². The van der Waals surface area contributed by atoms with E-state index < -0.39 is 0 Å². The molecule has 0 saturated carbocycles. The summed E-state index contributed by atoms with van der Waals surface area (Å²) in [5, 5.41) is 3.32. The fourth-order valence-corrected chi connectivity index (χ4v) is 2.50. The number of hydrogen-bond acceptors (Lipinski definition) is 2. The van der Waals surface area contributed by atoms with Crippen molar-refractivity contribution >= 4 is 0 Å². The summed E-state index contributed by atoms with van der Waals surface area (Å²) in [6.45, 7) is 3.85. The maximum Gasteiger partial charge on any atom is 0.127 e. The normalized spacial score (nSPS) is 20.8. The highest BCUT2D eigenvalue weighted by Gasteiger charge is 2.22. The Morgan fingerprint density at radius 2 is 2.25 bits per heavy atom. The van der Waals surface area contributed by atoms with Crippen LogP contribution in [0.25, 0.3) is 0 Å². The van der Waals surface area contributed by atoms with Crippen LogP contribution in [0, 0.1) is 12.7 Å². The van der Waals surface area contributed by atoms with Crippen molar-refractivity contribution in [3.8, 4) is 5.75 Å². The molecule has 1 heterocycles. The van der Waals surface area contributed by atoms with Crippen LogP contribution in [0.15, 0.2) is 12.1 Å². The highest BCUT2D eigenvalue weighted by Crippen LogP contribution is 2.33. The highest BCUT2D eigenvalue weighted by atomic mass is 19.1. The maximum absolute atomic E-state index is 13.9. The van der Waals surface area contributed by atoms with E-state index in [0.29, 0.717) is 0 Å². The number of hydrogen-bond donors (Lipinski definition) is 1. The van der Waals surface area contributed by atoms with Crippen molar-refractivity contribution in [2.24, 2.45) is 0 Å². The van der Waals surface area contributed by atoms with Crippen LogP contribution >= 0.6 is 0 Å². The van der Waals surface area contributed by atoms with E-state index in [9.17, 15) is 4.39 Å². The lowest BCUT2D eigenvalue weighted by Crippen LogP contribution is -2.29. The van der Waals surface area contributed by atoms with Gasteiger partial charge in [0.15, 0.2) is 0 Å². The van der Waals surface area contributed by atoms with E-state index in [1.54, 1.807) is 13.2 Å². The van der Waals surface area contributed by atoms with Gasteiger partial charge in [-0.2, -0.15) is 0 Å². The van der Waals surface area contributed by atoms with Gasteiger partial charge in [0.25, 0.3) is 0 Å². The average molecular weight is 223 g/mol. The van der Waals surface area contributed by atoms with Gasteiger partial charge in [-0.25, -0.2) is 4.39 Å². The quantitative estimate of drug-likeness (QED) is 0.832. The van der Waals surface area contributed by atoms with Gasteiger partial charge in [-0.3, -0.25) is 0 Å². The second-order valence-corrected chi connectivity index (χ2v) is 4.33. The molecular formula is C13H18FNO. The second kappa shape index (κ2) is 4.83. The lowest BCUT2D eigenvalue weighted by atomic mass is 9.88. The number of halogens is 1. The molecule has 1 aliphatic heterocycles. The first-order valence-corrected chi connectivity index (χ1v) is 5.77. The monoisotopic (exact) mass is 223 g/mol. The van der Waals surface area contributed by atoms with Crippen LogP contribution < -0.4 is 10.1 Å². The van der Waals surface area contributed by atoms with Gasteiger partial charge in [-0.15, -0.1) is 0 Å². The van der Waals surface area contributed by atoms with Gasteiger partial charge in [0.05, 0.1) is 7.11 Å². The Labute approximate surface area is 95.8 Å². The smallest absolute Gasteiger partial charge is 0.127 e. The molecule has 1 atom stereocenters. The molecule has 16 heavy (non-hydrogen) atoms. The summed E-state index contributed by atoms with van der Waals surface area (Å²) in [5.74, 6) is 0.956. The second-order valence-electron chi connectivity index (χ2n) is 4.33. The predicted molar refractivity (Wildman–Crippen MR) is 62.5 cm³/mol. The van der Waals surface area contributed by atoms with Crippen molar-refractivity contribution in [1.82, 2.24) is 5.32 Å². The molecule has 0 bridgehead atoms. The van der Waals surface area contributed by atoms with Gasteiger partial charge in [0.1, 0.15) is 11.6 Å². The van der Waals surface area contributed by atoms with E-state index in [0.717, 1.165) is 42.8 Å². The first-order chi connectivity index (χ1) is 7.74. The average Bonchev–Trinajstić information content (AvgIpc) is 2.31. The van der Waals surface area contributed by atoms with Crippen LogP contribution in [0.1, 0.15) is 29.9 Å². The van der Waals surface area contributed by atoms with E-state index in [1.807, 2.05) is 6.92 Å².